The van der Waals surface area contributed by atoms with Crippen molar-refractivity contribution in [3.05, 3.63) is 22.9 Å². The number of nitrogens with zero attached hydrogens (tertiary/aromatic N) is 2. The summed E-state index contributed by atoms with van der Waals surface area (Å²) in [6.45, 7) is 1.03. The molecule has 0 saturated carbocycles. The van der Waals surface area contributed by atoms with Crippen molar-refractivity contribution in [1.29, 1.82) is 0 Å². The van der Waals surface area contributed by atoms with Crippen LogP contribution in [0.4, 0.5) is 0 Å². The minimum absolute atomic E-state index is 0.190. The quantitative estimate of drug-likeness (QED) is 0.310. The van der Waals surface area contributed by atoms with Crippen molar-refractivity contribution in [1.82, 2.24) is 9.96 Å². The van der Waals surface area contributed by atoms with Gasteiger partial charge in [-0.25, -0.2) is 9.86 Å². The molecular weight excluding hydrogens is 340 g/mol. The summed E-state index contributed by atoms with van der Waals surface area (Å²) in [4.78, 5) is 52.3. The Morgan fingerprint density at radius 3 is 2.67 bits per heavy atom. The van der Waals surface area contributed by atoms with Gasteiger partial charge in [0.25, 0.3) is 11.8 Å². The van der Waals surface area contributed by atoms with Crippen LogP contribution in [0.5, 0.6) is 0 Å². The summed E-state index contributed by atoms with van der Waals surface area (Å²) in [5, 5.41) is 9.79. The maximum atomic E-state index is 12.3. The number of carboxylic acid groups (broad SMARTS) is 1. The van der Waals surface area contributed by atoms with Crippen LogP contribution >= 0.6 is 11.8 Å². The Morgan fingerprint density at radius 2 is 2.12 bits per heavy atom. The second-order valence-electron chi connectivity index (χ2n) is 4.99. The first-order valence-electron chi connectivity index (χ1n) is 6.85. The highest BCUT2D eigenvalue weighted by Crippen LogP contribution is 2.43. The van der Waals surface area contributed by atoms with Gasteiger partial charge >= 0.3 is 11.9 Å². The molecule has 130 valence electrons. The number of amides is 2. The summed E-state index contributed by atoms with van der Waals surface area (Å²) in [6, 6.07) is 0. The molecule has 1 atom stereocenters. The molecule has 2 aliphatic heterocycles. The molecule has 2 amide bonds. The van der Waals surface area contributed by atoms with Crippen LogP contribution in [0.15, 0.2) is 22.9 Å². The Kier molecular flexibility index (Phi) is 5.30. The molecule has 0 radical (unpaired) electrons. The molecule has 0 aliphatic carbocycles. The number of carbonyl (C=O) groups is 4. The summed E-state index contributed by atoms with van der Waals surface area (Å²) in [7, 11) is 2.71. The number of hydroxylamine groups is 2. The van der Waals surface area contributed by atoms with Gasteiger partial charge in [0, 0.05) is 31.4 Å². The Labute approximate surface area is 141 Å². The highest BCUT2D eigenvalue weighted by Gasteiger charge is 2.50. The summed E-state index contributed by atoms with van der Waals surface area (Å²) in [5.41, 5.74) is 0.348. The number of hydrogen-bond donors (Lipinski definition) is 1. The molecular formula is C14H16N2O7S. The van der Waals surface area contributed by atoms with Gasteiger partial charge < -0.3 is 9.84 Å². The van der Waals surface area contributed by atoms with E-state index >= 15 is 0 Å². The first kappa shape index (κ1) is 18.0. The SMILES string of the molecule is CON(C)C(=O)/C=C1/C(=O)N2C(C(=O)O)=C(COC(C)=O)CS[C@H]12. The van der Waals surface area contributed by atoms with Crippen LogP contribution in [0, 0.1) is 0 Å². The molecule has 0 aromatic rings. The molecule has 2 aliphatic rings. The van der Waals surface area contributed by atoms with E-state index in [2.05, 4.69) is 0 Å². The predicted octanol–water partition coefficient (Wildman–Crippen LogP) is -0.250. The maximum Gasteiger partial charge on any atom is 0.352 e. The van der Waals surface area contributed by atoms with E-state index in [0.29, 0.717) is 5.57 Å². The number of fused-ring (bicyclic) bond motifs is 1. The zero-order chi connectivity index (χ0) is 18.0. The van der Waals surface area contributed by atoms with E-state index in [-0.39, 0.29) is 23.6 Å². The molecule has 2 heterocycles. The number of β-lactam (4-membered cyclic amide) rings is 1. The molecule has 0 aromatic heterocycles. The third-order valence-electron chi connectivity index (χ3n) is 3.47. The second kappa shape index (κ2) is 7.05. The van der Waals surface area contributed by atoms with Crippen LogP contribution < -0.4 is 0 Å². The fraction of sp³-hybridized carbons (Fsp3) is 0.429. The fourth-order valence-electron chi connectivity index (χ4n) is 2.23. The van der Waals surface area contributed by atoms with Crippen LogP contribution in [-0.4, -0.2) is 70.7 Å². The van der Waals surface area contributed by atoms with Gasteiger partial charge in [-0.05, 0) is 0 Å². The number of esters is 1. The van der Waals surface area contributed by atoms with Crippen molar-refractivity contribution < 1.29 is 33.9 Å². The van der Waals surface area contributed by atoms with Gasteiger partial charge in [-0.1, -0.05) is 0 Å². The lowest BCUT2D eigenvalue weighted by Gasteiger charge is -2.45. The van der Waals surface area contributed by atoms with Gasteiger partial charge in [-0.15, -0.1) is 11.8 Å². The van der Waals surface area contributed by atoms with Crippen molar-refractivity contribution in [2.24, 2.45) is 0 Å². The van der Waals surface area contributed by atoms with Gasteiger partial charge in [-0.3, -0.25) is 24.1 Å². The van der Waals surface area contributed by atoms with E-state index in [1.165, 1.54) is 32.8 Å². The molecule has 0 bridgehead atoms. The van der Waals surface area contributed by atoms with Crippen molar-refractivity contribution >= 4 is 35.5 Å². The second-order valence-corrected chi connectivity index (χ2v) is 6.06. The molecule has 0 spiro atoms. The van der Waals surface area contributed by atoms with E-state index in [1.54, 1.807) is 0 Å². The number of rotatable bonds is 5. The minimum Gasteiger partial charge on any atom is -0.477 e. The normalized spacial score (nSPS) is 21.3. The highest BCUT2D eigenvalue weighted by atomic mass is 32.2. The Morgan fingerprint density at radius 1 is 1.46 bits per heavy atom. The lowest BCUT2D eigenvalue weighted by atomic mass is 10.0. The minimum atomic E-state index is -1.28. The Balaban J connectivity index is 2.26. The predicted molar refractivity (Wildman–Crippen MR) is 82.2 cm³/mol. The fourth-order valence-corrected chi connectivity index (χ4v) is 3.50. The Hall–Kier alpha value is -2.33. The maximum absolute atomic E-state index is 12.3. The van der Waals surface area contributed by atoms with E-state index < -0.39 is 29.1 Å². The van der Waals surface area contributed by atoms with Crippen LogP contribution in [0.25, 0.3) is 0 Å². The van der Waals surface area contributed by atoms with E-state index in [9.17, 15) is 24.3 Å². The van der Waals surface area contributed by atoms with Crippen molar-refractivity contribution in [3.8, 4) is 0 Å². The lowest BCUT2D eigenvalue weighted by Crippen LogP contribution is -2.56. The van der Waals surface area contributed by atoms with Crippen molar-refractivity contribution in [2.45, 2.75) is 12.3 Å². The molecule has 0 aromatic carbocycles. The monoisotopic (exact) mass is 356 g/mol. The van der Waals surface area contributed by atoms with Crippen LogP contribution in [0.2, 0.25) is 0 Å². The average Bonchev–Trinajstić information content (AvgIpc) is 2.55. The van der Waals surface area contributed by atoms with E-state index in [0.717, 1.165) is 16.0 Å². The third kappa shape index (κ3) is 3.29. The number of thioether (sulfide) groups is 1. The first-order chi connectivity index (χ1) is 11.3. The lowest BCUT2D eigenvalue weighted by molar-refractivity contribution is -0.163. The number of ether oxygens (including phenoxy) is 1. The summed E-state index contributed by atoms with van der Waals surface area (Å²) >= 11 is 1.28. The van der Waals surface area contributed by atoms with Gasteiger partial charge in [0.15, 0.2) is 0 Å². The molecule has 1 N–H and O–H groups in total. The van der Waals surface area contributed by atoms with Gasteiger partial charge in [0.1, 0.15) is 17.7 Å². The van der Waals surface area contributed by atoms with Crippen LogP contribution in [0.3, 0.4) is 0 Å². The molecule has 10 heteroatoms. The molecule has 9 nitrogen and oxygen atoms in total. The zero-order valence-corrected chi connectivity index (χ0v) is 14.1. The smallest absolute Gasteiger partial charge is 0.352 e. The first-order valence-corrected chi connectivity index (χ1v) is 7.90. The zero-order valence-electron chi connectivity index (χ0n) is 13.3. The van der Waals surface area contributed by atoms with Gasteiger partial charge in [0.2, 0.25) is 0 Å². The number of likely N-dealkylation sites (N-methyl/N-ethyl adjacent to an activating group) is 1. The summed E-state index contributed by atoms with van der Waals surface area (Å²) < 4.78 is 4.84. The van der Waals surface area contributed by atoms with E-state index in [4.69, 9.17) is 9.57 Å². The van der Waals surface area contributed by atoms with Gasteiger partial charge in [0.05, 0.1) is 12.7 Å². The molecule has 2 rings (SSSR count). The number of carbonyl (C=O) groups excluding carboxylic acids is 3. The largest absolute Gasteiger partial charge is 0.477 e. The Bertz CT molecular complexity index is 670. The van der Waals surface area contributed by atoms with Crippen molar-refractivity contribution in [3.63, 3.8) is 0 Å². The topological polar surface area (TPSA) is 113 Å². The third-order valence-corrected chi connectivity index (χ3v) is 4.77. The number of aliphatic carboxylic acids is 1. The number of hydrogen-bond acceptors (Lipinski definition) is 7. The molecule has 24 heavy (non-hydrogen) atoms. The van der Waals surface area contributed by atoms with E-state index in [1.807, 2.05) is 0 Å². The average molecular weight is 356 g/mol. The summed E-state index contributed by atoms with van der Waals surface area (Å²) in [6.07, 6.45) is 1.14. The molecule has 0 unspecified atom stereocenters. The van der Waals surface area contributed by atoms with Gasteiger partial charge in [-0.2, -0.15) is 0 Å². The number of carboxylic acids is 1. The summed E-state index contributed by atoms with van der Waals surface area (Å²) in [5.74, 6) is -2.64. The van der Waals surface area contributed by atoms with Crippen LogP contribution in [-0.2, 0) is 28.8 Å². The van der Waals surface area contributed by atoms with Crippen molar-refractivity contribution in [2.75, 3.05) is 26.5 Å². The molecule has 1 saturated heterocycles. The standard InChI is InChI=1S/C14H16N2O7S/c1-7(17)23-5-8-6-24-13-9(4-10(18)15(2)22-3)12(19)16(13)11(8)14(20)21/h4,13H,5-6H2,1-3H3,(H,20,21)/b9-4-/t13-/m1/s1. The van der Waals surface area contributed by atoms with Crippen LogP contribution in [0.1, 0.15) is 6.92 Å². The highest BCUT2D eigenvalue weighted by molar-refractivity contribution is 8.00. The molecule has 1 fully saturated rings.